The zero-order valence-electron chi connectivity index (χ0n) is 12.1. The van der Waals surface area contributed by atoms with Crippen LogP contribution in [0.2, 0.25) is 0 Å². The lowest BCUT2D eigenvalue weighted by Crippen LogP contribution is -2.41. The van der Waals surface area contributed by atoms with Crippen molar-refractivity contribution in [1.29, 1.82) is 0 Å². The predicted octanol–water partition coefficient (Wildman–Crippen LogP) is 2.70. The molecule has 1 unspecified atom stereocenters. The highest BCUT2D eigenvalue weighted by Gasteiger charge is 2.22. The van der Waals surface area contributed by atoms with Gasteiger partial charge in [-0.1, -0.05) is 13.8 Å². The molecule has 0 saturated heterocycles. The summed E-state index contributed by atoms with van der Waals surface area (Å²) in [5, 5.41) is 5.92. The van der Waals surface area contributed by atoms with Crippen molar-refractivity contribution < 1.29 is 13.6 Å². The average molecular weight is 293 g/mol. The van der Waals surface area contributed by atoms with Crippen LogP contribution in [-0.4, -0.2) is 24.0 Å². The topological polar surface area (TPSA) is 54.0 Å². The number of hydrogen-bond donors (Lipinski definition) is 2. The van der Waals surface area contributed by atoms with Crippen molar-refractivity contribution in [3.05, 3.63) is 36.0 Å². The Morgan fingerprint density at radius 1 is 1.29 bits per heavy atom. The number of benzene rings is 1. The zero-order valence-corrected chi connectivity index (χ0v) is 12.1. The monoisotopic (exact) mass is 293 g/mol. The highest BCUT2D eigenvalue weighted by Crippen LogP contribution is 2.26. The summed E-state index contributed by atoms with van der Waals surface area (Å²) >= 11 is 0. The van der Waals surface area contributed by atoms with E-state index in [-0.39, 0.29) is 17.3 Å². The van der Waals surface area contributed by atoms with Gasteiger partial charge in [-0.3, -0.25) is 9.78 Å². The molecule has 0 aliphatic carbocycles. The maximum absolute atomic E-state index is 13.7. The first-order chi connectivity index (χ1) is 9.93. The smallest absolute Gasteiger partial charge is 0.242 e. The lowest BCUT2D eigenvalue weighted by atomic mass is 10.0. The van der Waals surface area contributed by atoms with Gasteiger partial charge in [0.25, 0.3) is 0 Å². The van der Waals surface area contributed by atoms with Crippen LogP contribution in [-0.2, 0) is 4.79 Å². The first-order valence-corrected chi connectivity index (χ1v) is 6.66. The summed E-state index contributed by atoms with van der Waals surface area (Å²) in [6, 6.07) is 3.08. The van der Waals surface area contributed by atoms with Gasteiger partial charge in [0.05, 0.1) is 0 Å². The lowest BCUT2D eigenvalue weighted by molar-refractivity contribution is -0.122. The number of nitrogens with one attached hydrogen (secondary N) is 2. The third-order valence-electron chi connectivity index (χ3n) is 3.27. The molecule has 0 bridgehead atoms. The summed E-state index contributed by atoms with van der Waals surface area (Å²) < 4.78 is 27.2. The predicted molar refractivity (Wildman–Crippen MR) is 78.0 cm³/mol. The summed E-state index contributed by atoms with van der Waals surface area (Å²) in [5.41, 5.74) is 0.543. The van der Waals surface area contributed by atoms with Crippen LogP contribution in [0, 0.1) is 17.6 Å². The van der Waals surface area contributed by atoms with Crippen LogP contribution >= 0.6 is 0 Å². The Morgan fingerprint density at radius 3 is 2.62 bits per heavy atom. The van der Waals surface area contributed by atoms with Crippen LogP contribution in [0.4, 0.5) is 14.5 Å². The minimum absolute atomic E-state index is 0.00608. The molecule has 4 nitrogen and oxygen atoms in total. The number of rotatable bonds is 4. The van der Waals surface area contributed by atoms with Crippen LogP contribution in [0.1, 0.15) is 13.8 Å². The van der Waals surface area contributed by atoms with E-state index in [9.17, 15) is 13.6 Å². The Labute approximate surface area is 121 Å². The quantitative estimate of drug-likeness (QED) is 0.911. The van der Waals surface area contributed by atoms with Crippen LogP contribution < -0.4 is 10.6 Å². The number of carbonyl (C=O) groups is 1. The van der Waals surface area contributed by atoms with Crippen molar-refractivity contribution >= 4 is 22.5 Å². The van der Waals surface area contributed by atoms with Gasteiger partial charge in [-0.05, 0) is 18.1 Å². The molecule has 0 saturated carbocycles. The van der Waals surface area contributed by atoms with E-state index in [0.717, 1.165) is 6.07 Å². The van der Waals surface area contributed by atoms with Gasteiger partial charge in [0.1, 0.15) is 17.4 Å². The number of nitrogens with zero attached hydrogens (tertiary/aromatic N) is 1. The second-order valence-electron chi connectivity index (χ2n) is 5.12. The SMILES string of the molecule is CNC(=O)C(Nc1ccnc2c(F)cc(F)cc12)C(C)C. The highest BCUT2D eigenvalue weighted by atomic mass is 19.1. The first kappa shape index (κ1) is 15.2. The number of aromatic nitrogens is 1. The molecule has 6 heteroatoms. The summed E-state index contributed by atoms with van der Waals surface area (Å²) in [7, 11) is 1.55. The molecule has 0 aliphatic rings. The second kappa shape index (κ2) is 6.03. The molecule has 21 heavy (non-hydrogen) atoms. The van der Waals surface area contributed by atoms with Crippen molar-refractivity contribution in [2.24, 2.45) is 5.92 Å². The third kappa shape index (κ3) is 3.09. The van der Waals surface area contributed by atoms with E-state index in [1.807, 2.05) is 13.8 Å². The molecule has 2 N–H and O–H groups in total. The summed E-state index contributed by atoms with van der Waals surface area (Å²) in [4.78, 5) is 15.8. The molecule has 1 heterocycles. The fraction of sp³-hybridized carbons (Fsp3) is 0.333. The molecule has 2 aromatic rings. The van der Waals surface area contributed by atoms with Crippen LogP contribution in [0.5, 0.6) is 0 Å². The molecule has 0 aliphatic heterocycles. The first-order valence-electron chi connectivity index (χ1n) is 6.66. The molecule has 1 amide bonds. The van der Waals surface area contributed by atoms with E-state index in [2.05, 4.69) is 15.6 Å². The minimum atomic E-state index is -0.727. The molecule has 112 valence electrons. The molecule has 2 rings (SSSR count). The van der Waals surface area contributed by atoms with E-state index in [4.69, 9.17) is 0 Å². The van der Waals surface area contributed by atoms with Gasteiger partial charge in [-0.25, -0.2) is 8.78 Å². The molecule has 1 aromatic carbocycles. The number of hydrogen-bond acceptors (Lipinski definition) is 3. The number of halogens is 2. The van der Waals surface area contributed by atoms with Crippen LogP contribution in [0.3, 0.4) is 0 Å². The molecule has 1 aromatic heterocycles. The minimum Gasteiger partial charge on any atom is -0.373 e. The normalized spacial score (nSPS) is 12.5. The number of likely N-dealkylation sites (N-methyl/N-ethyl adjacent to an activating group) is 1. The Kier molecular flexibility index (Phi) is 4.35. The van der Waals surface area contributed by atoms with E-state index < -0.39 is 17.7 Å². The fourth-order valence-corrected chi connectivity index (χ4v) is 2.16. The second-order valence-corrected chi connectivity index (χ2v) is 5.12. The summed E-state index contributed by atoms with van der Waals surface area (Å²) in [6.45, 7) is 3.77. The van der Waals surface area contributed by atoms with Crippen molar-refractivity contribution in [3.8, 4) is 0 Å². The Morgan fingerprint density at radius 2 is 2.00 bits per heavy atom. The number of pyridine rings is 1. The van der Waals surface area contributed by atoms with Crippen LogP contribution in [0.25, 0.3) is 10.9 Å². The van der Waals surface area contributed by atoms with Gasteiger partial charge >= 0.3 is 0 Å². The number of amides is 1. The van der Waals surface area contributed by atoms with Crippen molar-refractivity contribution in [2.45, 2.75) is 19.9 Å². The molecule has 0 fully saturated rings. The van der Waals surface area contributed by atoms with E-state index in [1.54, 1.807) is 13.1 Å². The molecule has 0 radical (unpaired) electrons. The fourth-order valence-electron chi connectivity index (χ4n) is 2.16. The standard InChI is InChI=1S/C15H17F2N3O/c1-8(2)13(15(21)18-3)20-12-4-5-19-14-10(12)6-9(16)7-11(14)17/h4-8,13H,1-3H3,(H,18,21)(H,19,20). The van der Waals surface area contributed by atoms with Crippen molar-refractivity contribution in [3.63, 3.8) is 0 Å². The molecule has 0 spiro atoms. The third-order valence-corrected chi connectivity index (χ3v) is 3.27. The van der Waals surface area contributed by atoms with Gasteiger partial charge < -0.3 is 10.6 Å². The van der Waals surface area contributed by atoms with Crippen molar-refractivity contribution in [2.75, 3.05) is 12.4 Å². The summed E-state index contributed by atoms with van der Waals surface area (Å²) in [6.07, 6.45) is 1.42. The van der Waals surface area contributed by atoms with Gasteiger partial charge in [0.2, 0.25) is 5.91 Å². The Balaban J connectivity index is 2.49. The summed E-state index contributed by atoms with van der Waals surface area (Å²) in [5.74, 6) is -1.59. The van der Waals surface area contributed by atoms with Gasteiger partial charge in [-0.2, -0.15) is 0 Å². The Bertz CT molecular complexity index is 673. The van der Waals surface area contributed by atoms with Crippen molar-refractivity contribution in [1.82, 2.24) is 10.3 Å². The molecular weight excluding hydrogens is 276 g/mol. The zero-order chi connectivity index (χ0) is 15.6. The average Bonchev–Trinajstić information content (AvgIpc) is 2.43. The van der Waals surface area contributed by atoms with Gasteiger partial charge in [0, 0.05) is 30.4 Å². The van der Waals surface area contributed by atoms with E-state index in [0.29, 0.717) is 11.1 Å². The lowest BCUT2D eigenvalue weighted by Gasteiger charge is -2.22. The molecule has 1 atom stereocenters. The van der Waals surface area contributed by atoms with E-state index in [1.165, 1.54) is 12.3 Å². The largest absolute Gasteiger partial charge is 0.373 e. The van der Waals surface area contributed by atoms with Crippen LogP contribution in [0.15, 0.2) is 24.4 Å². The van der Waals surface area contributed by atoms with E-state index >= 15 is 0 Å². The number of anilines is 1. The van der Waals surface area contributed by atoms with Gasteiger partial charge in [-0.15, -0.1) is 0 Å². The molecular formula is C15H17F2N3O. The maximum atomic E-state index is 13.7. The maximum Gasteiger partial charge on any atom is 0.242 e. The number of carbonyl (C=O) groups excluding carboxylic acids is 1. The highest BCUT2D eigenvalue weighted by molar-refractivity contribution is 5.94. The van der Waals surface area contributed by atoms with Gasteiger partial charge in [0.15, 0.2) is 5.82 Å². The Hall–Kier alpha value is -2.24. The number of fused-ring (bicyclic) bond motifs is 1.